The molecule has 4 aromatic rings. The molecule has 6 nitrogen and oxygen atoms in total. The molecule has 30 heavy (non-hydrogen) atoms. The molecule has 0 bridgehead atoms. The van der Waals surface area contributed by atoms with E-state index in [9.17, 15) is 10.5 Å². The first kappa shape index (κ1) is 20.0. The normalized spacial score (nSPS) is 9.53. The molecule has 0 radical (unpaired) electrons. The molecule has 0 atom stereocenters. The summed E-state index contributed by atoms with van der Waals surface area (Å²) in [4.78, 5) is 8.49. The third kappa shape index (κ3) is 3.50. The number of para-hydroxylation sites is 1. The number of aryl methyl sites for hydroxylation is 1. The van der Waals surface area contributed by atoms with Crippen LogP contribution in [0.2, 0.25) is 0 Å². The number of hydrogen-bond donors (Lipinski definition) is 0. The van der Waals surface area contributed by atoms with E-state index in [-0.39, 0.29) is 16.7 Å². The quantitative estimate of drug-likeness (QED) is 0.436. The molecule has 2 aromatic heterocycles. The van der Waals surface area contributed by atoms with E-state index in [0.29, 0.717) is 27.7 Å². The molecule has 4 rings (SSSR count). The van der Waals surface area contributed by atoms with Gasteiger partial charge in [0, 0.05) is 22.7 Å². The average Bonchev–Trinajstić information content (AvgIpc) is 2.79. The van der Waals surface area contributed by atoms with Crippen LogP contribution in [-0.4, -0.2) is 9.97 Å². The lowest BCUT2D eigenvalue weighted by atomic mass is 9.93. The van der Waals surface area contributed by atoms with E-state index < -0.39 is 0 Å². The van der Waals surface area contributed by atoms with E-state index in [2.05, 4.69) is 28.2 Å². The zero-order chi connectivity index (χ0) is 21.7. The van der Waals surface area contributed by atoms with E-state index in [1.807, 2.05) is 48.7 Å². The van der Waals surface area contributed by atoms with E-state index in [1.54, 1.807) is 13.8 Å². The molecular formula is C24H14N6. The second kappa shape index (κ2) is 8.49. The third-order valence-corrected chi connectivity index (χ3v) is 4.73. The summed E-state index contributed by atoms with van der Waals surface area (Å²) < 4.78 is 0. The van der Waals surface area contributed by atoms with E-state index in [0.717, 1.165) is 5.52 Å². The summed E-state index contributed by atoms with van der Waals surface area (Å²) >= 11 is 0. The number of benzene rings is 2. The summed E-state index contributed by atoms with van der Waals surface area (Å²) in [6.07, 6.45) is 1.81. The lowest BCUT2D eigenvalue weighted by Gasteiger charge is -2.10. The highest BCUT2D eigenvalue weighted by molar-refractivity contribution is 5.94. The molecule has 0 spiro atoms. The lowest BCUT2D eigenvalue weighted by molar-refractivity contribution is 1.18. The summed E-state index contributed by atoms with van der Waals surface area (Å²) in [5.41, 5.74) is 3.22. The predicted octanol–water partition coefficient (Wildman–Crippen LogP) is 4.57. The van der Waals surface area contributed by atoms with Gasteiger partial charge in [-0.1, -0.05) is 24.3 Å². The van der Waals surface area contributed by atoms with Crippen molar-refractivity contribution in [3.8, 4) is 24.3 Å². The fraction of sp³-hybridized carbons (Fsp3) is 0.0833. The van der Waals surface area contributed by atoms with Crippen LogP contribution in [0.5, 0.6) is 0 Å². The van der Waals surface area contributed by atoms with Gasteiger partial charge in [-0.2, -0.15) is 21.0 Å². The van der Waals surface area contributed by atoms with Crippen molar-refractivity contribution in [1.82, 2.24) is 9.97 Å². The Labute approximate surface area is 173 Å². The smallest absolute Gasteiger partial charge is 0.102 e. The van der Waals surface area contributed by atoms with Crippen molar-refractivity contribution in [2.24, 2.45) is 0 Å². The van der Waals surface area contributed by atoms with Crippen molar-refractivity contribution < 1.29 is 0 Å². The number of nitriles is 4. The van der Waals surface area contributed by atoms with Crippen molar-refractivity contribution in [2.45, 2.75) is 13.8 Å². The molecule has 2 aromatic carbocycles. The molecule has 6 heteroatoms. The van der Waals surface area contributed by atoms with Gasteiger partial charge in [0.05, 0.1) is 33.3 Å². The topological polar surface area (TPSA) is 121 Å². The zero-order valence-corrected chi connectivity index (χ0v) is 16.3. The Hall–Kier alpha value is -4.78. The van der Waals surface area contributed by atoms with Gasteiger partial charge in [0.25, 0.3) is 0 Å². The van der Waals surface area contributed by atoms with Crippen molar-refractivity contribution in [1.29, 1.82) is 21.0 Å². The fourth-order valence-electron chi connectivity index (χ4n) is 3.11. The van der Waals surface area contributed by atoms with Crippen LogP contribution in [0.4, 0.5) is 0 Å². The highest BCUT2D eigenvalue weighted by atomic mass is 14.7. The first-order valence-electron chi connectivity index (χ1n) is 8.93. The van der Waals surface area contributed by atoms with Crippen LogP contribution in [0.1, 0.15) is 33.5 Å². The Bertz CT molecular complexity index is 1390. The molecule has 0 aliphatic heterocycles. The van der Waals surface area contributed by atoms with Crippen molar-refractivity contribution in [2.75, 3.05) is 0 Å². The lowest BCUT2D eigenvalue weighted by Crippen LogP contribution is -2.00. The minimum Gasteiger partial charge on any atom is -0.256 e. The molecule has 0 N–H and O–H groups in total. The van der Waals surface area contributed by atoms with Gasteiger partial charge in [-0.05, 0) is 37.6 Å². The maximum Gasteiger partial charge on any atom is 0.102 e. The van der Waals surface area contributed by atoms with Gasteiger partial charge in [-0.25, -0.2) is 0 Å². The average molecular weight is 386 g/mol. The highest BCUT2D eigenvalue weighted by Crippen LogP contribution is 2.29. The van der Waals surface area contributed by atoms with Crippen LogP contribution in [0, 0.1) is 59.2 Å². The molecule has 0 saturated heterocycles. The van der Waals surface area contributed by atoms with Gasteiger partial charge in [0.1, 0.15) is 24.3 Å². The van der Waals surface area contributed by atoms with Gasteiger partial charge in [0.2, 0.25) is 0 Å². The minimum absolute atomic E-state index is 0.0101. The molecule has 0 aliphatic carbocycles. The van der Waals surface area contributed by atoms with Crippen LogP contribution in [0.25, 0.3) is 21.8 Å². The number of pyridine rings is 2. The van der Waals surface area contributed by atoms with Crippen molar-refractivity contribution in [3.63, 3.8) is 0 Å². The van der Waals surface area contributed by atoms with Crippen LogP contribution >= 0.6 is 0 Å². The fourth-order valence-corrected chi connectivity index (χ4v) is 3.11. The van der Waals surface area contributed by atoms with Crippen LogP contribution in [-0.2, 0) is 0 Å². The second-order valence-electron chi connectivity index (χ2n) is 6.41. The Morgan fingerprint density at radius 3 is 2.03 bits per heavy atom. The Morgan fingerprint density at radius 2 is 1.40 bits per heavy atom. The zero-order valence-electron chi connectivity index (χ0n) is 16.3. The van der Waals surface area contributed by atoms with Gasteiger partial charge < -0.3 is 0 Å². The number of hydrogen-bond acceptors (Lipinski definition) is 6. The number of fused-ring (bicyclic) bond motifs is 2. The monoisotopic (exact) mass is 386 g/mol. The molecule has 2 heterocycles. The van der Waals surface area contributed by atoms with Crippen molar-refractivity contribution in [3.05, 3.63) is 82.2 Å². The maximum absolute atomic E-state index is 9.32. The first-order valence-corrected chi connectivity index (χ1v) is 8.93. The number of aromatic nitrogens is 2. The summed E-state index contributed by atoms with van der Waals surface area (Å²) in [6, 6.07) is 21.3. The molecule has 0 fully saturated rings. The Kier molecular flexibility index (Phi) is 5.65. The SMILES string of the molecule is Cc1nc2cc(C#N)c(C#N)c(C#N)c2c(C#N)c1C.c1ccc2ncccc2c1. The Morgan fingerprint density at radius 1 is 0.733 bits per heavy atom. The third-order valence-electron chi connectivity index (χ3n) is 4.73. The van der Waals surface area contributed by atoms with E-state index in [4.69, 9.17) is 10.5 Å². The van der Waals surface area contributed by atoms with Gasteiger partial charge in [-0.15, -0.1) is 0 Å². The van der Waals surface area contributed by atoms with Crippen LogP contribution in [0.3, 0.4) is 0 Å². The van der Waals surface area contributed by atoms with Crippen LogP contribution < -0.4 is 0 Å². The summed E-state index contributed by atoms with van der Waals surface area (Å²) in [6.45, 7) is 3.50. The summed E-state index contributed by atoms with van der Waals surface area (Å²) in [5.74, 6) is 0. The summed E-state index contributed by atoms with van der Waals surface area (Å²) in [5, 5.41) is 38.4. The number of rotatable bonds is 0. The van der Waals surface area contributed by atoms with Gasteiger partial charge >= 0.3 is 0 Å². The minimum atomic E-state index is -0.0101. The molecule has 140 valence electrons. The predicted molar refractivity (Wildman–Crippen MR) is 112 cm³/mol. The second-order valence-corrected chi connectivity index (χ2v) is 6.41. The summed E-state index contributed by atoms with van der Waals surface area (Å²) in [7, 11) is 0. The van der Waals surface area contributed by atoms with Gasteiger partial charge in [0.15, 0.2) is 0 Å². The van der Waals surface area contributed by atoms with Crippen molar-refractivity contribution >= 4 is 21.8 Å². The molecule has 0 unspecified atom stereocenters. The largest absolute Gasteiger partial charge is 0.256 e. The highest BCUT2D eigenvalue weighted by Gasteiger charge is 2.19. The molecule has 0 aliphatic rings. The maximum atomic E-state index is 9.32. The van der Waals surface area contributed by atoms with Gasteiger partial charge in [-0.3, -0.25) is 9.97 Å². The Balaban J connectivity index is 0.000000212. The molecular weight excluding hydrogens is 372 g/mol. The molecule has 0 amide bonds. The molecule has 0 saturated carbocycles. The standard InChI is InChI=1S/C15H7N5.C9H7N/c1-8-9(2)20-14-3-10(4-16)12(6-18)13(7-19)15(14)11(8)5-17;1-2-6-9-8(4-1)5-3-7-10-9/h3H,1-2H3;1-7H. The van der Waals surface area contributed by atoms with Crippen LogP contribution in [0.15, 0.2) is 48.7 Å². The first-order chi connectivity index (χ1) is 14.5. The van der Waals surface area contributed by atoms with E-state index >= 15 is 0 Å². The number of nitrogens with zero attached hydrogens (tertiary/aromatic N) is 6. The van der Waals surface area contributed by atoms with E-state index in [1.165, 1.54) is 11.5 Å².